The molecule has 0 bridgehead atoms. The van der Waals surface area contributed by atoms with Gasteiger partial charge in [-0.3, -0.25) is 4.98 Å². The molecule has 74 valence electrons. The van der Waals surface area contributed by atoms with Crippen LogP contribution in [0.25, 0.3) is 0 Å². The average Bonchev–Trinajstić information content (AvgIpc) is 2.25. The molecule has 0 amide bonds. The van der Waals surface area contributed by atoms with Crippen LogP contribution in [0, 0.1) is 0 Å². The van der Waals surface area contributed by atoms with Gasteiger partial charge in [0.25, 0.3) is 0 Å². The Bertz CT molecular complexity index is 288. The van der Waals surface area contributed by atoms with E-state index in [-0.39, 0.29) is 0 Å². The molecule has 0 radical (unpaired) electrons. The van der Waals surface area contributed by atoms with Crippen LogP contribution in [0.4, 0.5) is 0 Å². The van der Waals surface area contributed by atoms with Gasteiger partial charge >= 0.3 is 0 Å². The van der Waals surface area contributed by atoms with Crippen LogP contribution in [0.2, 0.25) is 0 Å². The number of rotatable bonds is 5. The molecular formula is C12H16N2. The maximum atomic E-state index is 5.31. The van der Waals surface area contributed by atoms with E-state index in [9.17, 15) is 0 Å². The summed E-state index contributed by atoms with van der Waals surface area (Å²) < 4.78 is 0. The van der Waals surface area contributed by atoms with Crippen molar-refractivity contribution in [1.82, 2.24) is 4.98 Å². The number of pyridine rings is 1. The third kappa shape index (κ3) is 4.58. The third-order valence-electron chi connectivity index (χ3n) is 1.84. The molecule has 1 aromatic rings. The largest absolute Gasteiger partial charge is 0.327 e. The minimum absolute atomic E-state index is 0.604. The van der Waals surface area contributed by atoms with Gasteiger partial charge in [-0.1, -0.05) is 30.4 Å². The highest BCUT2D eigenvalue weighted by atomic mass is 14.6. The lowest BCUT2D eigenvalue weighted by molar-refractivity contribution is 0.987. The molecule has 0 aromatic carbocycles. The first-order chi connectivity index (χ1) is 6.93. The smallest absolute Gasteiger partial charge is 0.0299 e. The van der Waals surface area contributed by atoms with Crippen molar-refractivity contribution in [2.24, 2.45) is 5.73 Å². The van der Waals surface area contributed by atoms with Gasteiger partial charge in [-0.15, -0.1) is 0 Å². The van der Waals surface area contributed by atoms with Gasteiger partial charge < -0.3 is 5.73 Å². The Hall–Kier alpha value is -1.41. The molecule has 0 fully saturated rings. The second kappa shape index (κ2) is 7.04. The van der Waals surface area contributed by atoms with Crippen molar-refractivity contribution < 1.29 is 0 Å². The van der Waals surface area contributed by atoms with Crippen LogP contribution in [0.3, 0.4) is 0 Å². The van der Waals surface area contributed by atoms with E-state index in [2.05, 4.69) is 17.1 Å². The van der Waals surface area contributed by atoms with E-state index in [1.54, 1.807) is 6.20 Å². The van der Waals surface area contributed by atoms with Gasteiger partial charge in [-0.05, 0) is 24.5 Å². The summed E-state index contributed by atoms with van der Waals surface area (Å²) in [4.78, 5) is 4.06. The zero-order valence-electron chi connectivity index (χ0n) is 8.26. The van der Waals surface area contributed by atoms with E-state index >= 15 is 0 Å². The summed E-state index contributed by atoms with van der Waals surface area (Å²) in [5.41, 5.74) is 6.58. The lowest BCUT2D eigenvalue weighted by Gasteiger charge is -1.94. The number of allylic oxidation sites excluding steroid dienone is 3. The molecule has 0 aliphatic heterocycles. The second-order valence-corrected chi connectivity index (χ2v) is 2.99. The first-order valence-electron chi connectivity index (χ1n) is 4.84. The molecule has 2 heteroatoms. The van der Waals surface area contributed by atoms with Gasteiger partial charge in [-0.2, -0.15) is 0 Å². The molecule has 14 heavy (non-hydrogen) atoms. The van der Waals surface area contributed by atoms with Crippen LogP contribution < -0.4 is 5.73 Å². The Morgan fingerprint density at radius 1 is 1.29 bits per heavy atom. The lowest BCUT2D eigenvalue weighted by atomic mass is 10.1. The SMILES string of the molecule is NCC=CC=CCCc1cccnc1. The molecule has 0 saturated heterocycles. The van der Waals surface area contributed by atoms with E-state index in [1.165, 1.54) is 5.56 Å². The van der Waals surface area contributed by atoms with Crippen LogP contribution in [-0.2, 0) is 6.42 Å². The summed E-state index contributed by atoms with van der Waals surface area (Å²) in [7, 11) is 0. The summed E-state index contributed by atoms with van der Waals surface area (Å²) in [6.07, 6.45) is 13.9. The zero-order chi connectivity index (χ0) is 10.1. The molecule has 0 spiro atoms. The summed E-state index contributed by atoms with van der Waals surface area (Å²) >= 11 is 0. The highest BCUT2D eigenvalue weighted by Crippen LogP contribution is 2.00. The summed E-state index contributed by atoms with van der Waals surface area (Å²) in [5.74, 6) is 0. The number of nitrogens with two attached hydrogens (primary N) is 1. The van der Waals surface area contributed by atoms with Crippen LogP contribution in [-0.4, -0.2) is 11.5 Å². The van der Waals surface area contributed by atoms with E-state index in [1.807, 2.05) is 30.5 Å². The molecule has 1 rings (SSSR count). The third-order valence-corrected chi connectivity index (χ3v) is 1.84. The minimum atomic E-state index is 0.604. The number of aromatic nitrogens is 1. The molecule has 0 aliphatic carbocycles. The Kier molecular flexibility index (Phi) is 5.36. The first-order valence-corrected chi connectivity index (χ1v) is 4.84. The fourth-order valence-corrected chi connectivity index (χ4v) is 1.13. The van der Waals surface area contributed by atoms with Gasteiger partial charge in [0.1, 0.15) is 0 Å². The maximum Gasteiger partial charge on any atom is 0.0299 e. The molecule has 2 N–H and O–H groups in total. The van der Waals surface area contributed by atoms with Crippen molar-refractivity contribution in [2.45, 2.75) is 12.8 Å². The molecule has 1 aromatic heterocycles. The van der Waals surface area contributed by atoms with Gasteiger partial charge in [0.2, 0.25) is 0 Å². The van der Waals surface area contributed by atoms with E-state index in [0.29, 0.717) is 6.54 Å². The quantitative estimate of drug-likeness (QED) is 0.718. The Morgan fingerprint density at radius 2 is 2.14 bits per heavy atom. The fraction of sp³-hybridized carbons (Fsp3) is 0.250. The molecular weight excluding hydrogens is 172 g/mol. The van der Waals surface area contributed by atoms with Crippen molar-refractivity contribution >= 4 is 0 Å². The van der Waals surface area contributed by atoms with Crippen molar-refractivity contribution in [1.29, 1.82) is 0 Å². The Morgan fingerprint density at radius 3 is 2.86 bits per heavy atom. The van der Waals surface area contributed by atoms with Crippen LogP contribution in [0.1, 0.15) is 12.0 Å². The number of aryl methyl sites for hydroxylation is 1. The van der Waals surface area contributed by atoms with Gasteiger partial charge in [0.05, 0.1) is 0 Å². The average molecular weight is 188 g/mol. The van der Waals surface area contributed by atoms with E-state index < -0.39 is 0 Å². The molecule has 0 unspecified atom stereocenters. The van der Waals surface area contributed by atoms with Gasteiger partial charge in [-0.25, -0.2) is 0 Å². The highest BCUT2D eigenvalue weighted by molar-refractivity contribution is 5.10. The molecule has 0 atom stereocenters. The molecule has 0 aliphatic rings. The highest BCUT2D eigenvalue weighted by Gasteiger charge is 1.87. The Balaban J connectivity index is 2.22. The monoisotopic (exact) mass is 188 g/mol. The topological polar surface area (TPSA) is 38.9 Å². The Labute approximate surface area is 85.2 Å². The number of hydrogen-bond donors (Lipinski definition) is 1. The van der Waals surface area contributed by atoms with Gasteiger partial charge in [0.15, 0.2) is 0 Å². The van der Waals surface area contributed by atoms with E-state index in [0.717, 1.165) is 12.8 Å². The summed E-state index contributed by atoms with van der Waals surface area (Å²) in [6.45, 7) is 0.604. The summed E-state index contributed by atoms with van der Waals surface area (Å²) in [6, 6.07) is 4.06. The van der Waals surface area contributed by atoms with Crippen LogP contribution in [0.15, 0.2) is 48.8 Å². The molecule has 0 saturated carbocycles. The van der Waals surface area contributed by atoms with Crippen molar-refractivity contribution in [2.75, 3.05) is 6.54 Å². The van der Waals surface area contributed by atoms with Crippen LogP contribution in [0.5, 0.6) is 0 Å². The van der Waals surface area contributed by atoms with Crippen molar-refractivity contribution in [3.8, 4) is 0 Å². The summed E-state index contributed by atoms with van der Waals surface area (Å²) in [5, 5.41) is 0. The standard InChI is InChI=1S/C12H16N2/c13-9-5-3-1-2-4-7-12-8-6-10-14-11-12/h1-3,5-6,8,10-11H,4,7,9,13H2. The number of nitrogens with zero attached hydrogens (tertiary/aromatic N) is 1. The molecule has 2 nitrogen and oxygen atoms in total. The zero-order valence-corrected chi connectivity index (χ0v) is 8.26. The van der Waals surface area contributed by atoms with Gasteiger partial charge in [0, 0.05) is 18.9 Å². The predicted molar refractivity (Wildman–Crippen MR) is 59.9 cm³/mol. The predicted octanol–water partition coefficient (Wildman–Crippen LogP) is 2.09. The van der Waals surface area contributed by atoms with Crippen molar-refractivity contribution in [3.05, 3.63) is 54.4 Å². The first kappa shape index (κ1) is 10.7. The number of hydrogen-bond acceptors (Lipinski definition) is 2. The lowest BCUT2D eigenvalue weighted by Crippen LogP contribution is -1.91. The normalized spacial score (nSPS) is 11.5. The fourth-order valence-electron chi connectivity index (χ4n) is 1.13. The van der Waals surface area contributed by atoms with Crippen molar-refractivity contribution in [3.63, 3.8) is 0 Å². The maximum absolute atomic E-state index is 5.31. The van der Waals surface area contributed by atoms with Crippen LogP contribution >= 0.6 is 0 Å². The second-order valence-electron chi connectivity index (χ2n) is 2.99. The minimum Gasteiger partial charge on any atom is -0.327 e. The van der Waals surface area contributed by atoms with E-state index in [4.69, 9.17) is 5.73 Å². The molecule has 1 heterocycles.